The monoisotopic (exact) mass is 719 g/mol. The van der Waals surface area contributed by atoms with Gasteiger partial charge in [0.15, 0.2) is 5.54 Å². The van der Waals surface area contributed by atoms with E-state index in [2.05, 4.69) is 9.88 Å². The Hall–Kier alpha value is -4.43. The van der Waals surface area contributed by atoms with Crippen molar-refractivity contribution in [2.75, 3.05) is 51.2 Å². The van der Waals surface area contributed by atoms with Gasteiger partial charge in [-0.05, 0) is 73.0 Å². The van der Waals surface area contributed by atoms with Gasteiger partial charge in [0.1, 0.15) is 17.8 Å². The quantitative estimate of drug-likeness (QED) is 0.238. The summed E-state index contributed by atoms with van der Waals surface area (Å²) in [5, 5.41) is 0.343. The number of anilines is 1. The van der Waals surface area contributed by atoms with Crippen LogP contribution in [0.15, 0.2) is 82.4 Å². The van der Waals surface area contributed by atoms with Gasteiger partial charge in [-0.3, -0.25) is 19.4 Å². The molecule has 3 aromatic carbocycles. The number of fused-ring (bicyclic) bond motifs is 1. The maximum Gasteiger partial charge on any atom is 0.271 e. The number of hydrogen-bond acceptors (Lipinski definition) is 10. The average molecular weight is 720 g/mol. The van der Waals surface area contributed by atoms with Crippen molar-refractivity contribution >= 4 is 39.1 Å². The average Bonchev–Trinajstić information content (AvgIpc) is 3.88. The molecule has 3 aliphatic rings. The van der Waals surface area contributed by atoms with Crippen LogP contribution in [-0.2, 0) is 31.7 Å². The number of likely N-dealkylation sites (tertiary alicyclic amines) is 1. The normalized spacial score (nSPS) is 21.4. The summed E-state index contributed by atoms with van der Waals surface area (Å²) in [6, 6.07) is 16.0. The van der Waals surface area contributed by atoms with Crippen LogP contribution in [0.3, 0.4) is 0 Å². The molecule has 0 N–H and O–H groups in total. The van der Waals surface area contributed by atoms with Gasteiger partial charge in [-0.25, -0.2) is 17.7 Å². The topological polar surface area (TPSA) is 126 Å². The van der Waals surface area contributed by atoms with E-state index in [1.807, 2.05) is 28.0 Å². The summed E-state index contributed by atoms with van der Waals surface area (Å²) in [7, 11) is -1.42. The zero-order chi connectivity index (χ0) is 35.2. The highest BCUT2D eigenvalue weighted by atomic mass is 35.5. The molecule has 7 rings (SSSR count). The fraction of sp³-hybridized carbons (Fsp3) is 0.361. The molecule has 2 saturated heterocycles. The van der Waals surface area contributed by atoms with Crippen LogP contribution in [0.1, 0.15) is 48.4 Å². The summed E-state index contributed by atoms with van der Waals surface area (Å²) in [5.41, 5.74) is 0.289. The number of carbonyl (C=O) groups is 2. The van der Waals surface area contributed by atoms with Crippen LogP contribution in [0.4, 0.5) is 5.69 Å². The van der Waals surface area contributed by atoms with Crippen molar-refractivity contribution in [3.05, 3.63) is 101 Å². The minimum Gasteiger partial charge on any atom is -0.497 e. The van der Waals surface area contributed by atoms with Crippen molar-refractivity contribution in [1.82, 2.24) is 19.7 Å². The van der Waals surface area contributed by atoms with Crippen molar-refractivity contribution in [3.8, 4) is 11.5 Å². The highest BCUT2D eigenvalue weighted by Crippen LogP contribution is 2.57. The van der Waals surface area contributed by atoms with Gasteiger partial charge >= 0.3 is 0 Å². The zero-order valence-corrected chi connectivity index (χ0v) is 29.6. The second kappa shape index (κ2) is 13.4. The van der Waals surface area contributed by atoms with E-state index >= 15 is 4.79 Å². The van der Waals surface area contributed by atoms with Crippen LogP contribution in [-0.4, -0.2) is 86.9 Å². The SMILES string of the molecule is COc1ccc(S(=O)(=O)N2C(=O)C(c3cc(CN4CCN(C(C)=O)CC4)ccc3OC)(N3CCC[C@H]3c3ncco3)c3cc(Cl)ccc32)cc1. The fourth-order valence-corrected chi connectivity index (χ4v) is 9.20. The number of benzene rings is 3. The molecule has 2 atom stereocenters. The van der Waals surface area contributed by atoms with Crippen LogP contribution in [0.2, 0.25) is 5.02 Å². The van der Waals surface area contributed by atoms with Gasteiger partial charge in [0.25, 0.3) is 15.9 Å². The lowest BCUT2D eigenvalue weighted by Crippen LogP contribution is -2.54. The highest BCUT2D eigenvalue weighted by Gasteiger charge is 2.63. The van der Waals surface area contributed by atoms with Gasteiger partial charge in [-0.2, -0.15) is 0 Å². The molecule has 0 spiro atoms. The molecule has 12 nitrogen and oxygen atoms in total. The number of nitrogens with zero attached hydrogens (tertiary/aromatic N) is 5. The summed E-state index contributed by atoms with van der Waals surface area (Å²) in [4.78, 5) is 38.0. The molecule has 3 aliphatic heterocycles. The van der Waals surface area contributed by atoms with Gasteiger partial charge < -0.3 is 18.8 Å². The van der Waals surface area contributed by atoms with Crippen molar-refractivity contribution in [2.24, 2.45) is 0 Å². The highest BCUT2D eigenvalue weighted by molar-refractivity contribution is 7.93. The molecule has 0 saturated carbocycles. The fourth-order valence-electron chi connectivity index (χ4n) is 7.57. The first-order valence-electron chi connectivity index (χ1n) is 16.4. The molecule has 0 radical (unpaired) electrons. The molecule has 50 heavy (non-hydrogen) atoms. The summed E-state index contributed by atoms with van der Waals surface area (Å²) >= 11 is 6.70. The van der Waals surface area contributed by atoms with Crippen molar-refractivity contribution in [1.29, 1.82) is 0 Å². The molecular weight excluding hydrogens is 682 g/mol. The Bertz CT molecular complexity index is 2020. The van der Waals surface area contributed by atoms with Crippen LogP contribution < -0.4 is 13.8 Å². The zero-order valence-electron chi connectivity index (χ0n) is 28.0. The van der Waals surface area contributed by atoms with Crippen molar-refractivity contribution in [2.45, 2.75) is 42.8 Å². The number of carbonyl (C=O) groups excluding carboxylic acids is 2. The molecule has 1 unspecified atom stereocenters. The Morgan fingerprint density at radius 3 is 2.40 bits per heavy atom. The Kier molecular flexibility index (Phi) is 9.10. The molecule has 4 aromatic rings. The second-order valence-corrected chi connectivity index (χ2v) is 14.9. The number of oxazole rings is 1. The maximum absolute atomic E-state index is 15.6. The third-order valence-electron chi connectivity index (χ3n) is 9.96. The van der Waals surface area contributed by atoms with Crippen LogP contribution in [0.5, 0.6) is 11.5 Å². The Labute approximate surface area is 296 Å². The number of piperazine rings is 1. The van der Waals surface area contributed by atoms with E-state index in [-0.39, 0.29) is 16.5 Å². The molecular formula is C36H38ClN5O7S. The maximum atomic E-state index is 15.6. The summed E-state index contributed by atoms with van der Waals surface area (Å²) < 4.78 is 47.2. The predicted molar refractivity (Wildman–Crippen MR) is 186 cm³/mol. The predicted octanol–water partition coefficient (Wildman–Crippen LogP) is 4.83. The van der Waals surface area contributed by atoms with Crippen molar-refractivity contribution in [3.63, 3.8) is 0 Å². The summed E-state index contributed by atoms with van der Waals surface area (Å²) in [5.74, 6) is 0.683. The number of hydrogen-bond donors (Lipinski definition) is 0. The minimum absolute atomic E-state index is 0.0516. The molecule has 1 aromatic heterocycles. The number of halogens is 1. The number of aromatic nitrogens is 1. The number of amides is 2. The van der Waals surface area contributed by atoms with E-state index in [4.69, 9.17) is 25.5 Å². The molecule has 0 aliphatic carbocycles. The Balaban J connectivity index is 1.43. The van der Waals surface area contributed by atoms with Crippen LogP contribution >= 0.6 is 11.6 Å². The van der Waals surface area contributed by atoms with Gasteiger partial charge in [0, 0.05) is 62.3 Å². The first-order valence-corrected chi connectivity index (χ1v) is 18.3. The van der Waals surface area contributed by atoms with E-state index in [0.717, 1.165) is 9.87 Å². The van der Waals surface area contributed by atoms with Crippen molar-refractivity contribution < 1.29 is 31.9 Å². The van der Waals surface area contributed by atoms with Gasteiger partial charge in [0.2, 0.25) is 11.8 Å². The number of ether oxygens (including phenoxy) is 2. The third kappa shape index (κ3) is 5.62. The van der Waals surface area contributed by atoms with E-state index in [0.29, 0.717) is 85.6 Å². The summed E-state index contributed by atoms with van der Waals surface area (Å²) in [6.45, 7) is 5.18. The van der Waals surface area contributed by atoms with Gasteiger partial charge in [0.05, 0.1) is 37.0 Å². The van der Waals surface area contributed by atoms with Crippen LogP contribution in [0, 0.1) is 0 Å². The third-order valence-corrected chi connectivity index (χ3v) is 11.9. The number of methoxy groups -OCH3 is 2. The van der Waals surface area contributed by atoms with E-state index in [9.17, 15) is 13.2 Å². The lowest BCUT2D eigenvalue weighted by atomic mass is 9.80. The van der Waals surface area contributed by atoms with E-state index < -0.39 is 27.5 Å². The molecule has 2 fully saturated rings. The lowest BCUT2D eigenvalue weighted by molar-refractivity contribution is -0.130. The smallest absolute Gasteiger partial charge is 0.271 e. The lowest BCUT2D eigenvalue weighted by Gasteiger charge is -2.41. The first kappa shape index (κ1) is 34.0. The molecule has 0 bridgehead atoms. The molecule has 14 heteroatoms. The Morgan fingerprint density at radius 2 is 1.74 bits per heavy atom. The minimum atomic E-state index is -4.45. The number of rotatable bonds is 9. The molecule has 4 heterocycles. The standard InChI is InChI=1S/C36H38ClN5O7S/c1-24(43)40-18-16-39(17-19-40)23-25-6-13-33(48-3)30(21-25)36(41-15-4-5-32(41)34-38-14-20-49-34)29-22-26(37)7-12-31(29)42(35(36)44)50(45,46)28-10-8-27(47-2)9-11-28/h6-14,20-22,32H,4-5,15-19,23H2,1-3H3/t32-,36?/m0/s1. The second-order valence-electron chi connectivity index (χ2n) is 12.7. The van der Waals surface area contributed by atoms with Gasteiger partial charge in [-0.15, -0.1) is 0 Å². The van der Waals surface area contributed by atoms with Gasteiger partial charge in [-0.1, -0.05) is 17.7 Å². The summed E-state index contributed by atoms with van der Waals surface area (Å²) in [6.07, 6.45) is 4.38. The Morgan fingerprint density at radius 1 is 0.980 bits per heavy atom. The number of sulfonamides is 1. The van der Waals surface area contributed by atoms with Crippen LogP contribution in [0.25, 0.3) is 0 Å². The molecule has 262 valence electrons. The first-order chi connectivity index (χ1) is 24.1. The van der Waals surface area contributed by atoms with E-state index in [1.165, 1.54) is 32.6 Å². The molecule has 2 amide bonds. The largest absolute Gasteiger partial charge is 0.497 e. The van der Waals surface area contributed by atoms with E-state index in [1.54, 1.807) is 43.5 Å².